The van der Waals surface area contributed by atoms with E-state index in [0.29, 0.717) is 29.3 Å². The van der Waals surface area contributed by atoms with E-state index >= 15 is 0 Å². The van der Waals surface area contributed by atoms with Crippen LogP contribution in [-0.2, 0) is 16.6 Å². The van der Waals surface area contributed by atoms with Crippen LogP contribution >= 0.6 is 11.3 Å². The maximum Gasteiger partial charge on any atom is 0.264 e. The van der Waals surface area contributed by atoms with Crippen molar-refractivity contribution >= 4 is 42.6 Å². The summed E-state index contributed by atoms with van der Waals surface area (Å²) in [5, 5.41) is 7.99. The van der Waals surface area contributed by atoms with Crippen molar-refractivity contribution in [3.63, 3.8) is 0 Å². The Balaban J connectivity index is 1.39. The standard InChI is InChI=1S/C29H25N5O5S2/c1-17-18(2)33-39-27(17)34-41(35,36)26-7-5-4-6-23(26)22-10-8-19(28-30-12-13-38-28)14-20(22)16-31-29-32-24-11-9-21(37-3)15-25(24)40-29/h4-15,34H,16H2,1-3H3,(H,31,32). The van der Waals surface area contributed by atoms with Gasteiger partial charge in [0.1, 0.15) is 12.0 Å². The zero-order valence-electron chi connectivity index (χ0n) is 22.3. The Bertz CT molecular complexity index is 1960. The molecule has 0 saturated heterocycles. The quantitative estimate of drug-likeness (QED) is 0.191. The first-order chi connectivity index (χ1) is 19.8. The van der Waals surface area contributed by atoms with E-state index in [-0.39, 0.29) is 10.8 Å². The molecule has 0 saturated carbocycles. The lowest BCUT2D eigenvalue weighted by Crippen LogP contribution is -2.14. The minimum atomic E-state index is -4.02. The van der Waals surface area contributed by atoms with E-state index < -0.39 is 10.0 Å². The third kappa shape index (κ3) is 5.26. The summed E-state index contributed by atoms with van der Waals surface area (Å²) in [5.41, 5.74) is 4.93. The molecule has 0 atom stereocenters. The third-order valence-corrected chi connectivity index (χ3v) is 9.03. The summed E-state index contributed by atoms with van der Waals surface area (Å²) >= 11 is 1.51. The second kappa shape index (κ2) is 10.7. The molecule has 208 valence electrons. The van der Waals surface area contributed by atoms with Crippen LogP contribution in [0.5, 0.6) is 5.75 Å². The number of benzene rings is 3. The molecule has 0 unspecified atom stereocenters. The second-order valence-electron chi connectivity index (χ2n) is 9.24. The van der Waals surface area contributed by atoms with Gasteiger partial charge >= 0.3 is 0 Å². The molecule has 41 heavy (non-hydrogen) atoms. The van der Waals surface area contributed by atoms with Gasteiger partial charge in [-0.2, -0.15) is 0 Å². The Morgan fingerprint density at radius 1 is 1.02 bits per heavy atom. The molecule has 0 aliphatic carbocycles. The predicted molar refractivity (Wildman–Crippen MR) is 158 cm³/mol. The fourth-order valence-corrected chi connectivity index (χ4v) is 6.55. The molecule has 0 fully saturated rings. The number of anilines is 2. The fourth-order valence-electron chi connectivity index (χ4n) is 4.39. The summed E-state index contributed by atoms with van der Waals surface area (Å²) in [7, 11) is -2.39. The molecule has 0 amide bonds. The molecule has 10 nitrogen and oxygen atoms in total. The van der Waals surface area contributed by atoms with Crippen molar-refractivity contribution in [3.8, 4) is 28.3 Å². The number of sulfonamides is 1. The van der Waals surface area contributed by atoms with Gasteiger partial charge in [-0.15, -0.1) is 0 Å². The van der Waals surface area contributed by atoms with Crippen LogP contribution in [0, 0.1) is 13.8 Å². The minimum Gasteiger partial charge on any atom is -0.497 e. The van der Waals surface area contributed by atoms with Crippen LogP contribution in [0.1, 0.15) is 16.8 Å². The molecule has 3 aromatic carbocycles. The van der Waals surface area contributed by atoms with Gasteiger partial charge in [0.15, 0.2) is 5.13 Å². The molecule has 0 radical (unpaired) electrons. The van der Waals surface area contributed by atoms with E-state index in [1.165, 1.54) is 17.6 Å². The molecule has 3 aromatic heterocycles. The monoisotopic (exact) mass is 587 g/mol. The van der Waals surface area contributed by atoms with Crippen LogP contribution in [-0.4, -0.2) is 30.7 Å². The van der Waals surface area contributed by atoms with Crippen LogP contribution in [0.2, 0.25) is 0 Å². The first-order valence-electron chi connectivity index (χ1n) is 12.6. The zero-order valence-corrected chi connectivity index (χ0v) is 24.0. The summed E-state index contributed by atoms with van der Waals surface area (Å²) < 4.78 is 46.8. The first kappa shape index (κ1) is 26.5. The predicted octanol–water partition coefficient (Wildman–Crippen LogP) is 6.64. The lowest BCUT2D eigenvalue weighted by molar-refractivity contribution is 0.415. The molecule has 0 bridgehead atoms. The lowest BCUT2D eigenvalue weighted by atomic mass is 9.97. The summed E-state index contributed by atoms with van der Waals surface area (Å²) in [5.74, 6) is 1.31. The molecule has 2 N–H and O–H groups in total. The van der Waals surface area contributed by atoms with E-state index in [1.54, 1.807) is 51.4 Å². The van der Waals surface area contributed by atoms with Crippen LogP contribution < -0.4 is 14.8 Å². The number of thiazole rings is 1. The highest BCUT2D eigenvalue weighted by molar-refractivity contribution is 7.92. The molecule has 0 aliphatic rings. The van der Waals surface area contributed by atoms with Gasteiger partial charge in [-0.3, -0.25) is 0 Å². The number of methoxy groups -OCH3 is 1. The molecule has 3 heterocycles. The number of ether oxygens (including phenoxy) is 1. The van der Waals surface area contributed by atoms with Crippen LogP contribution in [0.15, 0.2) is 87.0 Å². The van der Waals surface area contributed by atoms with Crippen molar-refractivity contribution in [1.29, 1.82) is 0 Å². The van der Waals surface area contributed by atoms with E-state index in [0.717, 1.165) is 37.8 Å². The van der Waals surface area contributed by atoms with Crippen LogP contribution in [0.25, 0.3) is 32.8 Å². The SMILES string of the molecule is COc1ccc2nc(NCc3cc(-c4ncco4)ccc3-c3ccccc3S(=O)(=O)Nc3onc(C)c3C)sc2c1. The van der Waals surface area contributed by atoms with Crippen molar-refractivity contribution < 1.29 is 22.1 Å². The van der Waals surface area contributed by atoms with E-state index in [2.05, 4.69) is 20.2 Å². The summed E-state index contributed by atoms with van der Waals surface area (Å²) in [4.78, 5) is 9.07. The van der Waals surface area contributed by atoms with Crippen molar-refractivity contribution in [3.05, 3.63) is 89.9 Å². The average molecular weight is 588 g/mol. The summed E-state index contributed by atoms with van der Waals surface area (Å²) in [6, 6.07) is 18.2. The van der Waals surface area contributed by atoms with Crippen molar-refractivity contribution in [2.45, 2.75) is 25.3 Å². The molecule has 0 spiro atoms. The van der Waals surface area contributed by atoms with Crippen molar-refractivity contribution in [2.75, 3.05) is 17.1 Å². The van der Waals surface area contributed by atoms with Crippen LogP contribution in [0.4, 0.5) is 11.0 Å². The number of rotatable bonds is 9. The number of hydrogen-bond acceptors (Lipinski definition) is 10. The highest BCUT2D eigenvalue weighted by Gasteiger charge is 2.24. The summed E-state index contributed by atoms with van der Waals surface area (Å²) in [6.07, 6.45) is 3.09. The highest BCUT2D eigenvalue weighted by Crippen LogP contribution is 2.35. The van der Waals surface area contributed by atoms with Gasteiger partial charge in [0.05, 0.1) is 34.1 Å². The van der Waals surface area contributed by atoms with Gasteiger partial charge in [-0.05, 0) is 61.4 Å². The number of hydrogen-bond donors (Lipinski definition) is 2. The van der Waals surface area contributed by atoms with Gasteiger partial charge in [-0.25, -0.2) is 23.1 Å². The number of nitrogens with one attached hydrogen (secondary N) is 2. The highest BCUT2D eigenvalue weighted by atomic mass is 32.2. The van der Waals surface area contributed by atoms with E-state index in [4.69, 9.17) is 18.7 Å². The average Bonchev–Trinajstić information content (AvgIpc) is 3.73. The van der Waals surface area contributed by atoms with Gasteiger partial charge < -0.3 is 19.0 Å². The maximum atomic E-state index is 13.6. The van der Waals surface area contributed by atoms with Crippen molar-refractivity contribution in [1.82, 2.24) is 15.1 Å². The van der Waals surface area contributed by atoms with Gasteiger partial charge in [-0.1, -0.05) is 40.8 Å². The Kier molecular flexibility index (Phi) is 6.93. The smallest absolute Gasteiger partial charge is 0.264 e. The molecule has 6 aromatic rings. The number of oxazole rings is 1. The number of fused-ring (bicyclic) bond motifs is 1. The molecular weight excluding hydrogens is 562 g/mol. The van der Waals surface area contributed by atoms with Crippen LogP contribution in [0.3, 0.4) is 0 Å². The topological polar surface area (TPSA) is 132 Å². The fraction of sp³-hybridized carbons (Fsp3) is 0.138. The zero-order chi connectivity index (χ0) is 28.6. The number of nitrogens with zero attached hydrogens (tertiary/aromatic N) is 3. The molecule has 0 aliphatic heterocycles. The molecular formula is C29H25N5O5S2. The molecule has 6 rings (SSSR count). The Morgan fingerprint density at radius 2 is 1.88 bits per heavy atom. The Hall–Kier alpha value is -4.68. The first-order valence-corrected chi connectivity index (χ1v) is 14.9. The van der Waals surface area contributed by atoms with Gasteiger partial charge in [0.25, 0.3) is 10.0 Å². The maximum absolute atomic E-state index is 13.6. The number of aryl methyl sites for hydroxylation is 1. The molecule has 12 heteroatoms. The van der Waals surface area contributed by atoms with Gasteiger partial charge in [0.2, 0.25) is 11.8 Å². The van der Waals surface area contributed by atoms with Gasteiger partial charge in [0, 0.05) is 23.2 Å². The normalized spacial score (nSPS) is 11.6. The Morgan fingerprint density at radius 3 is 2.63 bits per heavy atom. The lowest BCUT2D eigenvalue weighted by Gasteiger charge is -2.16. The number of aromatic nitrogens is 3. The second-order valence-corrected chi connectivity index (χ2v) is 11.9. The van der Waals surface area contributed by atoms with Crippen molar-refractivity contribution in [2.24, 2.45) is 0 Å². The van der Waals surface area contributed by atoms with E-state index in [1.807, 2.05) is 36.4 Å². The summed E-state index contributed by atoms with van der Waals surface area (Å²) in [6.45, 7) is 3.86. The minimum absolute atomic E-state index is 0.0888. The van der Waals surface area contributed by atoms with E-state index in [9.17, 15) is 8.42 Å². The third-order valence-electron chi connectivity index (χ3n) is 6.66. The Labute approximate surface area is 240 Å². The largest absolute Gasteiger partial charge is 0.497 e.